The van der Waals surface area contributed by atoms with Crippen molar-refractivity contribution in [2.45, 2.75) is 30.5 Å². The number of rotatable bonds is 9. The van der Waals surface area contributed by atoms with Gasteiger partial charge in [0.2, 0.25) is 0 Å². The standard InChI is InChI=1S/C11H20O7/c1-6(4-12)8(15)9(16)11(18-3)10(17-2)7(14)5-13/h4,7-11,13-16H,1,5H2,2-3H3/t7-,8?,9-,10-,11-/m1/s1/i4D. The second-order valence-electron chi connectivity index (χ2n) is 3.71. The van der Waals surface area contributed by atoms with E-state index in [9.17, 15) is 20.1 Å². The Kier molecular flexibility index (Phi) is 7.02. The fourth-order valence-electron chi connectivity index (χ4n) is 1.53. The second-order valence-corrected chi connectivity index (χ2v) is 3.71. The molecule has 0 saturated carbocycles. The topological polar surface area (TPSA) is 116 Å². The van der Waals surface area contributed by atoms with Crippen molar-refractivity contribution in [1.82, 2.24) is 0 Å². The highest BCUT2D eigenvalue weighted by Crippen LogP contribution is 2.17. The van der Waals surface area contributed by atoms with Crippen LogP contribution in [0.25, 0.3) is 0 Å². The average Bonchev–Trinajstić information content (AvgIpc) is 2.41. The SMILES string of the molecule is [2H]C(=O)C(=C)C(O)[C@@H](O)[C@@H](OC)[C@H](OC)[C@H](O)CO. The van der Waals surface area contributed by atoms with E-state index in [0.717, 1.165) is 0 Å². The Balaban J connectivity index is 5.02. The van der Waals surface area contributed by atoms with Crippen LogP contribution in [-0.2, 0) is 14.3 Å². The lowest BCUT2D eigenvalue weighted by Gasteiger charge is -2.33. The number of aliphatic hydroxyl groups is 4. The number of hydrogen-bond donors (Lipinski definition) is 4. The molecule has 0 spiro atoms. The summed E-state index contributed by atoms with van der Waals surface area (Å²) in [6.07, 6.45) is -8.32. The fourth-order valence-corrected chi connectivity index (χ4v) is 1.53. The normalized spacial score (nSPS) is 20.4. The Hall–Kier alpha value is -0.830. The minimum absolute atomic E-state index is 0.511. The molecule has 7 heteroatoms. The Labute approximate surface area is 107 Å². The van der Waals surface area contributed by atoms with Gasteiger partial charge in [0.15, 0.2) is 0 Å². The maximum absolute atomic E-state index is 10.8. The molecule has 0 radical (unpaired) electrons. The number of methoxy groups -OCH3 is 2. The minimum atomic E-state index is -1.74. The summed E-state index contributed by atoms with van der Waals surface area (Å²) in [5, 5.41) is 38.0. The summed E-state index contributed by atoms with van der Waals surface area (Å²) in [7, 11) is 2.42. The van der Waals surface area contributed by atoms with Gasteiger partial charge >= 0.3 is 0 Å². The molecule has 0 saturated heterocycles. The highest BCUT2D eigenvalue weighted by Gasteiger charge is 2.37. The van der Waals surface area contributed by atoms with Crippen molar-refractivity contribution in [3.8, 4) is 0 Å². The van der Waals surface area contributed by atoms with Gasteiger partial charge in [-0.25, -0.2) is 0 Å². The number of carbonyl (C=O) groups excluding carboxylic acids is 1. The van der Waals surface area contributed by atoms with E-state index in [-0.39, 0.29) is 0 Å². The van der Waals surface area contributed by atoms with Crippen LogP contribution in [0.3, 0.4) is 0 Å². The third-order valence-electron chi connectivity index (χ3n) is 2.58. The van der Waals surface area contributed by atoms with Gasteiger partial charge in [0.1, 0.15) is 38.2 Å². The summed E-state index contributed by atoms with van der Waals surface area (Å²) in [5.41, 5.74) is -0.511. The van der Waals surface area contributed by atoms with Crippen LogP contribution in [0.15, 0.2) is 12.2 Å². The third kappa shape index (κ3) is 4.13. The van der Waals surface area contributed by atoms with Crippen molar-refractivity contribution in [1.29, 1.82) is 0 Å². The summed E-state index contributed by atoms with van der Waals surface area (Å²) in [6, 6.07) is 0. The highest BCUT2D eigenvalue weighted by molar-refractivity contribution is 5.73. The van der Waals surface area contributed by atoms with Gasteiger partial charge in [0.05, 0.1) is 6.61 Å². The van der Waals surface area contributed by atoms with Crippen LogP contribution in [0.1, 0.15) is 1.37 Å². The molecule has 0 aliphatic carbocycles. The zero-order valence-electron chi connectivity index (χ0n) is 11.3. The average molecular weight is 265 g/mol. The lowest BCUT2D eigenvalue weighted by Crippen LogP contribution is -2.52. The molecule has 106 valence electrons. The van der Waals surface area contributed by atoms with Crippen LogP contribution in [0, 0.1) is 0 Å². The first-order chi connectivity index (χ1) is 8.81. The van der Waals surface area contributed by atoms with Gasteiger partial charge in [0.25, 0.3) is 0 Å². The summed E-state index contributed by atoms with van der Waals surface area (Å²) in [4.78, 5) is 10.8. The Morgan fingerprint density at radius 1 is 1.33 bits per heavy atom. The Morgan fingerprint density at radius 2 is 1.83 bits per heavy atom. The summed E-state index contributed by atoms with van der Waals surface area (Å²) >= 11 is 0. The van der Waals surface area contributed by atoms with Crippen molar-refractivity contribution in [2.75, 3.05) is 20.8 Å². The maximum Gasteiger partial charge on any atom is 0.148 e. The van der Waals surface area contributed by atoms with Crippen molar-refractivity contribution in [3.05, 3.63) is 12.2 Å². The van der Waals surface area contributed by atoms with Crippen LogP contribution in [0.2, 0.25) is 0 Å². The van der Waals surface area contributed by atoms with Gasteiger partial charge in [0, 0.05) is 19.8 Å². The molecule has 0 aromatic carbocycles. The first-order valence-corrected chi connectivity index (χ1v) is 5.22. The molecular weight excluding hydrogens is 244 g/mol. The summed E-state index contributed by atoms with van der Waals surface area (Å²) in [6.45, 7) is 2.55. The predicted octanol–water partition coefficient (Wildman–Crippen LogP) is -2.15. The van der Waals surface area contributed by atoms with Crippen LogP contribution in [-0.4, -0.2) is 78.0 Å². The molecule has 4 N–H and O–H groups in total. The monoisotopic (exact) mass is 265 g/mol. The maximum atomic E-state index is 10.8. The lowest BCUT2D eigenvalue weighted by molar-refractivity contribution is -0.158. The van der Waals surface area contributed by atoms with E-state index in [2.05, 4.69) is 6.58 Å². The van der Waals surface area contributed by atoms with Crippen molar-refractivity contribution < 1.29 is 36.1 Å². The molecule has 0 aliphatic heterocycles. The van der Waals surface area contributed by atoms with E-state index >= 15 is 0 Å². The summed E-state index contributed by atoms with van der Waals surface area (Å²) in [5.74, 6) is 0. The first-order valence-electron chi connectivity index (χ1n) is 5.72. The van der Waals surface area contributed by atoms with E-state index < -0.39 is 49.0 Å². The zero-order chi connectivity index (χ0) is 15.2. The molecule has 5 atom stereocenters. The van der Waals surface area contributed by atoms with Crippen LogP contribution in [0.4, 0.5) is 0 Å². The van der Waals surface area contributed by atoms with E-state index in [1.165, 1.54) is 14.2 Å². The van der Waals surface area contributed by atoms with Gasteiger partial charge in [-0.3, -0.25) is 4.79 Å². The van der Waals surface area contributed by atoms with Gasteiger partial charge in [-0.15, -0.1) is 0 Å². The Bertz CT molecular complexity index is 309. The van der Waals surface area contributed by atoms with Crippen molar-refractivity contribution >= 4 is 6.26 Å². The van der Waals surface area contributed by atoms with Crippen LogP contribution in [0.5, 0.6) is 0 Å². The number of hydrogen-bond acceptors (Lipinski definition) is 7. The molecule has 0 rings (SSSR count). The molecule has 0 aromatic heterocycles. The number of aldehydes is 1. The summed E-state index contributed by atoms with van der Waals surface area (Å²) < 4.78 is 16.6. The van der Waals surface area contributed by atoms with E-state index in [0.29, 0.717) is 0 Å². The van der Waals surface area contributed by atoms with E-state index in [1.807, 2.05) is 0 Å². The molecule has 0 heterocycles. The molecule has 1 unspecified atom stereocenters. The molecule has 0 amide bonds. The van der Waals surface area contributed by atoms with Gasteiger partial charge in [-0.05, 0) is 0 Å². The zero-order valence-corrected chi connectivity index (χ0v) is 10.3. The Morgan fingerprint density at radius 3 is 2.17 bits per heavy atom. The lowest BCUT2D eigenvalue weighted by atomic mass is 9.96. The molecule has 0 fully saturated rings. The van der Waals surface area contributed by atoms with Crippen molar-refractivity contribution in [3.63, 3.8) is 0 Å². The molecule has 0 aromatic rings. The van der Waals surface area contributed by atoms with E-state index in [4.69, 9.17) is 16.0 Å². The minimum Gasteiger partial charge on any atom is -0.394 e. The number of carbonyl (C=O) groups is 1. The second kappa shape index (κ2) is 8.30. The fraction of sp³-hybridized carbons (Fsp3) is 0.727. The molecule has 0 bridgehead atoms. The van der Waals surface area contributed by atoms with Gasteiger partial charge in [-0.1, -0.05) is 6.58 Å². The molecule has 18 heavy (non-hydrogen) atoms. The molecule has 7 nitrogen and oxygen atoms in total. The number of aliphatic hydroxyl groups excluding tert-OH is 4. The quantitative estimate of drug-likeness (QED) is 0.277. The molecular formula is C11H20O7. The first kappa shape index (κ1) is 15.2. The van der Waals surface area contributed by atoms with Crippen LogP contribution >= 0.6 is 0 Å². The smallest absolute Gasteiger partial charge is 0.148 e. The third-order valence-corrected chi connectivity index (χ3v) is 2.58. The van der Waals surface area contributed by atoms with Gasteiger partial charge in [-0.2, -0.15) is 0 Å². The highest BCUT2D eigenvalue weighted by atomic mass is 16.5. The van der Waals surface area contributed by atoms with E-state index in [1.54, 1.807) is 0 Å². The predicted molar refractivity (Wildman–Crippen MR) is 61.9 cm³/mol. The van der Waals surface area contributed by atoms with Gasteiger partial charge < -0.3 is 29.9 Å². The van der Waals surface area contributed by atoms with Crippen molar-refractivity contribution in [2.24, 2.45) is 0 Å². The largest absolute Gasteiger partial charge is 0.394 e. The molecule has 0 aliphatic rings. The van der Waals surface area contributed by atoms with Crippen LogP contribution < -0.4 is 0 Å². The number of ether oxygens (including phenoxy) is 2.